The van der Waals surface area contributed by atoms with E-state index in [4.69, 9.17) is 25.5 Å². The number of methoxy groups -OCH3 is 1. The quantitative estimate of drug-likeness (QED) is 0.119. The Bertz CT molecular complexity index is 1960. The number of ether oxygens (including phenoxy) is 2. The number of nitrogens with zero attached hydrogens (tertiary/aromatic N) is 3. The van der Waals surface area contributed by atoms with Gasteiger partial charge in [-0.1, -0.05) is 44.9 Å². The fourth-order valence-electron chi connectivity index (χ4n) is 9.29. The number of esters is 1. The van der Waals surface area contributed by atoms with Gasteiger partial charge in [0.05, 0.1) is 36.3 Å². The van der Waals surface area contributed by atoms with Crippen LogP contribution in [0.5, 0.6) is 5.75 Å². The van der Waals surface area contributed by atoms with Gasteiger partial charge in [0.25, 0.3) is 0 Å². The van der Waals surface area contributed by atoms with E-state index in [0.717, 1.165) is 74.5 Å². The van der Waals surface area contributed by atoms with Crippen LogP contribution in [0.15, 0.2) is 60.0 Å². The van der Waals surface area contributed by atoms with Crippen molar-refractivity contribution in [2.75, 3.05) is 31.7 Å². The van der Waals surface area contributed by atoms with E-state index in [0.29, 0.717) is 30.9 Å². The summed E-state index contributed by atoms with van der Waals surface area (Å²) in [6.45, 7) is 13.5. The molecule has 3 aromatic rings. The van der Waals surface area contributed by atoms with Gasteiger partial charge < -0.3 is 18.8 Å². The van der Waals surface area contributed by atoms with Crippen LogP contribution in [0.1, 0.15) is 93.6 Å². The molecule has 1 spiro atoms. The van der Waals surface area contributed by atoms with Gasteiger partial charge in [-0.25, -0.2) is 23.2 Å². The summed E-state index contributed by atoms with van der Waals surface area (Å²) in [5.41, 5.74) is 3.74. The highest BCUT2D eigenvalue weighted by atomic mass is 35.5. The summed E-state index contributed by atoms with van der Waals surface area (Å²) in [7, 11) is -4.51. The molecule has 0 N–H and O–H groups in total. The summed E-state index contributed by atoms with van der Waals surface area (Å²) in [4.78, 5) is 23.6. The molecule has 2 saturated carbocycles. The Morgan fingerprint density at radius 3 is 2.56 bits per heavy atom. The smallest absolute Gasteiger partial charge is 0.337 e. The van der Waals surface area contributed by atoms with Crippen molar-refractivity contribution in [1.29, 1.82) is 0 Å². The first-order valence-electron chi connectivity index (χ1n) is 19.7. The topological polar surface area (TPSA) is 108 Å². The van der Waals surface area contributed by atoms with E-state index in [2.05, 4.69) is 60.9 Å². The molecule has 6 atom stereocenters. The molecule has 0 bridgehead atoms. The second-order valence-corrected chi connectivity index (χ2v) is 25.1. The highest BCUT2D eigenvalue weighted by molar-refractivity contribution is 7.91. The second kappa shape index (κ2) is 15.2. The van der Waals surface area contributed by atoms with Crippen molar-refractivity contribution in [3.05, 3.63) is 76.6 Å². The Morgan fingerprint density at radius 2 is 1.85 bits per heavy atom. The van der Waals surface area contributed by atoms with Crippen molar-refractivity contribution in [1.82, 2.24) is 9.97 Å². The van der Waals surface area contributed by atoms with Crippen molar-refractivity contribution >= 4 is 41.4 Å². The van der Waals surface area contributed by atoms with Gasteiger partial charge in [-0.15, -0.1) is 0 Å². The Labute approximate surface area is 327 Å². The normalized spacial score (nSPS) is 26.5. The largest absolute Gasteiger partial charge is 0.490 e. The van der Waals surface area contributed by atoms with Gasteiger partial charge in [-0.3, -0.25) is 0 Å². The van der Waals surface area contributed by atoms with Gasteiger partial charge >= 0.3 is 5.97 Å². The maximum Gasteiger partial charge on any atom is 0.337 e. The van der Waals surface area contributed by atoms with Crippen LogP contribution in [-0.4, -0.2) is 70.8 Å². The third-order valence-corrected chi connectivity index (χ3v) is 20.1. The van der Waals surface area contributed by atoms with Gasteiger partial charge in [0.15, 0.2) is 8.32 Å². The van der Waals surface area contributed by atoms with Gasteiger partial charge in [0.1, 0.15) is 5.75 Å². The maximum absolute atomic E-state index is 13.9. The van der Waals surface area contributed by atoms with Crippen molar-refractivity contribution in [2.24, 2.45) is 17.8 Å². The minimum absolute atomic E-state index is 0.00246. The van der Waals surface area contributed by atoms with Gasteiger partial charge in [-0.05, 0) is 135 Å². The van der Waals surface area contributed by atoms with Crippen LogP contribution >= 0.6 is 11.6 Å². The average Bonchev–Trinajstić information content (AvgIpc) is 3.29. The Morgan fingerprint density at radius 1 is 1.07 bits per heavy atom. The lowest BCUT2D eigenvalue weighted by molar-refractivity contribution is -0.0227. The van der Waals surface area contributed by atoms with Crippen LogP contribution in [0.4, 0.5) is 5.69 Å². The highest BCUT2D eigenvalue weighted by Gasteiger charge is 2.50. The Kier molecular flexibility index (Phi) is 11.0. The predicted molar refractivity (Wildman–Crippen MR) is 215 cm³/mol. The first-order valence-corrected chi connectivity index (χ1v) is 24.5. The molecule has 0 unspecified atom stereocenters. The summed E-state index contributed by atoms with van der Waals surface area (Å²) in [5, 5.41) is 0.140. The standard InChI is InChI=1S/C42H56ClN3O6SSi/c1-41(2,3)54(5,6)52-38(29-10-7-12-33(23-29)53(48,49)40-44-20-9-21-45-40)34-16-13-31(34)25-46-26-42(19-8-11-28-22-32(43)15-17-35(28)42)27-51-37-18-14-30(24-36(37)46)39(47)50-4/h9,14-15,17-18,20-22,24,29,31,33-34,38H,7-8,10-13,16,19,23,25-27H2,1-6H3/t29-,31+,33+,34-,38-,42+/m1/s1. The molecular weight excluding hydrogens is 738 g/mol. The highest BCUT2D eigenvalue weighted by Crippen LogP contribution is 2.51. The van der Waals surface area contributed by atoms with Crippen LogP contribution in [-0.2, 0) is 30.8 Å². The summed E-state index contributed by atoms with van der Waals surface area (Å²) < 4.78 is 47.0. The van der Waals surface area contributed by atoms with Crippen LogP contribution in [0, 0.1) is 17.8 Å². The second-order valence-electron chi connectivity index (χ2n) is 17.7. The zero-order chi connectivity index (χ0) is 38.5. The van der Waals surface area contributed by atoms with Crippen LogP contribution in [0.25, 0.3) is 0 Å². The average molecular weight is 795 g/mol. The van der Waals surface area contributed by atoms with Gasteiger partial charge in [0, 0.05) is 35.9 Å². The molecule has 4 aliphatic rings. The SMILES string of the molecule is COC(=O)c1ccc2c(c1)N(C[C@@H]1CC[C@H]1[C@H](O[Si](C)(C)C(C)(C)C)[C@@H]1CCC[C@H](S(=O)(=O)c3ncccn3)C1)C[C@@]1(CCCc3cc(Cl)ccc31)CO2. The molecule has 9 nitrogen and oxygen atoms in total. The third kappa shape index (κ3) is 7.59. The van der Waals surface area contributed by atoms with Crippen molar-refractivity contribution in [2.45, 2.75) is 119 Å². The van der Waals surface area contributed by atoms with E-state index in [1.165, 1.54) is 30.6 Å². The van der Waals surface area contributed by atoms with Crippen LogP contribution in [0.2, 0.25) is 23.2 Å². The molecule has 2 aromatic carbocycles. The third-order valence-electron chi connectivity index (χ3n) is 13.4. The molecule has 1 aliphatic heterocycles. The fourth-order valence-corrected chi connectivity index (χ4v) is 12.6. The first kappa shape index (κ1) is 39.2. The monoisotopic (exact) mass is 793 g/mol. The van der Waals surface area contributed by atoms with E-state index in [1.807, 2.05) is 18.2 Å². The number of rotatable bonds is 9. The summed E-state index contributed by atoms with van der Waals surface area (Å²) >= 11 is 6.51. The molecule has 1 aromatic heterocycles. The van der Waals surface area contributed by atoms with Crippen molar-refractivity contribution in [3.63, 3.8) is 0 Å². The Hall–Kier alpha value is -2.99. The number of carbonyl (C=O) groups is 1. The number of hydrogen-bond donors (Lipinski definition) is 0. The molecular formula is C42H56ClN3O6SSi. The van der Waals surface area contributed by atoms with E-state index in [-0.39, 0.29) is 39.5 Å². The summed E-state index contributed by atoms with van der Waals surface area (Å²) in [6, 6.07) is 13.6. The first-order chi connectivity index (χ1) is 25.6. The lowest BCUT2D eigenvalue weighted by Crippen LogP contribution is -2.54. The number of aromatic nitrogens is 2. The predicted octanol–water partition coefficient (Wildman–Crippen LogP) is 8.84. The molecule has 12 heteroatoms. The van der Waals surface area contributed by atoms with E-state index in [1.54, 1.807) is 12.1 Å². The number of halogens is 1. The molecule has 292 valence electrons. The molecule has 2 fully saturated rings. The van der Waals surface area contributed by atoms with Crippen LogP contribution in [0.3, 0.4) is 0 Å². The lowest BCUT2D eigenvalue weighted by atomic mass is 9.65. The number of carbonyl (C=O) groups excluding carboxylic acids is 1. The maximum atomic E-state index is 13.9. The fraction of sp³-hybridized carbons (Fsp3) is 0.595. The number of hydrogen-bond acceptors (Lipinski definition) is 9. The van der Waals surface area contributed by atoms with E-state index in [9.17, 15) is 13.2 Å². The number of aryl methyl sites for hydroxylation is 1. The molecule has 0 radical (unpaired) electrons. The molecule has 7 rings (SSSR count). The number of sulfone groups is 1. The van der Waals surface area contributed by atoms with E-state index < -0.39 is 23.4 Å². The summed E-state index contributed by atoms with van der Waals surface area (Å²) in [6.07, 6.45) is 11.0. The zero-order valence-electron chi connectivity index (χ0n) is 32.6. The van der Waals surface area contributed by atoms with Crippen molar-refractivity contribution < 1.29 is 27.1 Å². The lowest BCUT2D eigenvalue weighted by Gasteiger charge is -2.52. The molecule has 3 aliphatic carbocycles. The number of benzene rings is 2. The Balaban J connectivity index is 1.23. The minimum atomic E-state index is -3.68. The number of anilines is 1. The molecule has 54 heavy (non-hydrogen) atoms. The molecule has 2 heterocycles. The van der Waals surface area contributed by atoms with Gasteiger partial charge in [0.2, 0.25) is 15.0 Å². The molecule has 0 amide bonds. The van der Waals surface area contributed by atoms with E-state index >= 15 is 0 Å². The van der Waals surface area contributed by atoms with Crippen molar-refractivity contribution in [3.8, 4) is 5.75 Å². The summed E-state index contributed by atoms with van der Waals surface area (Å²) in [5.74, 6) is 1.09. The zero-order valence-corrected chi connectivity index (χ0v) is 35.2. The van der Waals surface area contributed by atoms with Crippen LogP contribution < -0.4 is 9.64 Å². The van der Waals surface area contributed by atoms with Gasteiger partial charge in [-0.2, -0.15) is 0 Å². The minimum Gasteiger partial charge on any atom is -0.490 e. The molecule has 0 saturated heterocycles. The number of fused-ring (bicyclic) bond motifs is 3.